The normalized spacial score (nSPS) is 29.1. The van der Waals surface area contributed by atoms with Crippen LogP contribution in [0.5, 0.6) is 0 Å². The van der Waals surface area contributed by atoms with Crippen LogP contribution in [0.4, 0.5) is 0 Å². The van der Waals surface area contributed by atoms with Crippen LogP contribution < -0.4 is 0 Å². The molecule has 2 heteroatoms. The third-order valence-electron chi connectivity index (χ3n) is 8.28. The molecule has 3 aliphatic rings. The average molecular weight is 459 g/mol. The van der Waals surface area contributed by atoms with Crippen LogP contribution in [0.15, 0.2) is 71.4 Å². The van der Waals surface area contributed by atoms with Gasteiger partial charge in [-0.3, -0.25) is 5.01 Å². The number of hydrogen-bond donors (Lipinski definition) is 0. The Hall–Kier alpha value is -2.09. The zero-order valence-corrected chi connectivity index (χ0v) is 21.9. The number of rotatable bonds is 10. The number of hydrogen-bond acceptors (Lipinski definition) is 2. The highest BCUT2D eigenvalue weighted by Gasteiger charge is 2.39. The van der Waals surface area contributed by atoms with Crippen molar-refractivity contribution >= 4 is 5.71 Å². The highest BCUT2D eigenvalue weighted by Crippen LogP contribution is 2.40. The van der Waals surface area contributed by atoms with Gasteiger partial charge in [0.25, 0.3) is 0 Å². The Morgan fingerprint density at radius 2 is 1.79 bits per heavy atom. The largest absolute Gasteiger partial charge is 0.292 e. The van der Waals surface area contributed by atoms with Gasteiger partial charge in [0.05, 0.1) is 17.7 Å². The molecule has 1 aromatic carbocycles. The second-order valence-corrected chi connectivity index (χ2v) is 11.3. The van der Waals surface area contributed by atoms with Crippen LogP contribution in [0.25, 0.3) is 0 Å². The maximum Gasteiger partial charge on any atom is 0.0770 e. The molecule has 184 valence electrons. The molecular weight excluding hydrogens is 412 g/mol. The van der Waals surface area contributed by atoms with Gasteiger partial charge in [0.2, 0.25) is 0 Å². The first-order chi connectivity index (χ1) is 16.5. The summed E-state index contributed by atoms with van der Waals surface area (Å²) in [5.41, 5.74) is 5.43. The maximum absolute atomic E-state index is 5.40. The SMILES string of the molecule is C=C(C)CCCC1CCC(CN2N=C(C3=CCC(C)C=C3)C(c3ccccc3)C2CCC)CC1. The van der Waals surface area contributed by atoms with Gasteiger partial charge in [-0.05, 0) is 74.3 Å². The molecule has 0 aromatic heterocycles. The van der Waals surface area contributed by atoms with Crippen molar-refractivity contribution in [3.05, 3.63) is 71.8 Å². The van der Waals surface area contributed by atoms with Crippen molar-refractivity contribution in [2.75, 3.05) is 6.54 Å². The molecule has 3 unspecified atom stereocenters. The molecule has 0 saturated heterocycles. The monoisotopic (exact) mass is 458 g/mol. The predicted molar refractivity (Wildman–Crippen MR) is 147 cm³/mol. The fraction of sp³-hybridized carbons (Fsp3) is 0.594. The Morgan fingerprint density at radius 1 is 1.06 bits per heavy atom. The van der Waals surface area contributed by atoms with Crippen molar-refractivity contribution in [3.63, 3.8) is 0 Å². The Bertz CT molecular complexity index is 885. The summed E-state index contributed by atoms with van der Waals surface area (Å²) < 4.78 is 0. The summed E-state index contributed by atoms with van der Waals surface area (Å²) in [6.45, 7) is 12.0. The fourth-order valence-corrected chi connectivity index (χ4v) is 6.27. The van der Waals surface area contributed by atoms with Crippen LogP contribution in [-0.4, -0.2) is 23.3 Å². The Morgan fingerprint density at radius 3 is 2.44 bits per heavy atom. The van der Waals surface area contributed by atoms with Crippen LogP contribution in [0.2, 0.25) is 0 Å². The lowest BCUT2D eigenvalue weighted by Crippen LogP contribution is -2.36. The van der Waals surface area contributed by atoms with E-state index in [1.54, 1.807) is 0 Å². The second kappa shape index (κ2) is 12.0. The molecule has 1 heterocycles. The lowest BCUT2D eigenvalue weighted by atomic mass is 9.78. The van der Waals surface area contributed by atoms with E-state index in [1.807, 2.05) is 0 Å². The summed E-state index contributed by atoms with van der Waals surface area (Å²) in [5, 5.41) is 7.92. The van der Waals surface area contributed by atoms with Gasteiger partial charge in [-0.2, -0.15) is 5.10 Å². The summed E-state index contributed by atoms with van der Waals surface area (Å²) >= 11 is 0. The Labute approximate surface area is 208 Å². The topological polar surface area (TPSA) is 15.6 Å². The van der Waals surface area contributed by atoms with E-state index in [0.717, 1.165) is 24.8 Å². The van der Waals surface area contributed by atoms with E-state index in [9.17, 15) is 0 Å². The fourth-order valence-electron chi connectivity index (χ4n) is 6.27. The number of benzene rings is 1. The molecule has 1 saturated carbocycles. The maximum atomic E-state index is 5.40. The van der Waals surface area contributed by atoms with Gasteiger partial charge in [0, 0.05) is 6.54 Å². The van der Waals surface area contributed by atoms with Crippen LogP contribution in [0.1, 0.15) is 96.5 Å². The molecular formula is C32H46N2. The predicted octanol–water partition coefficient (Wildman–Crippen LogP) is 8.69. The van der Waals surface area contributed by atoms with Crippen LogP contribution in [0, 0.1) is 17.8 Å². The standard InChI is InChI=1S/C32H46N2/c1-5-10-30-31(28-13-7-6-8-14-28)32(29-21-15-25(4)16-22-29)33-34(30)23-27-19-17-26(18-20-27)12-9-11-24(2)3/h6-8,13-15,21-22,25-27,30-31H,2,5,9-12,16-20,23H2,1,3-4H3. The Balaban J connectivity index is 1.47. The minimum absolute atomic E-state index is 0.379. The zero-order valence-electron chi connectivity index (χ0n) is 21.9. The molecule has 34 heavy (non-hydrogen) atoms. The van der Waals surface area contributed by atoms with E-state index in [1.165, 1.54) is 80.2 Å². The van der Waals surface area contributed by atoms with E-state index < -0.39 is 0 Å². The minimum Gasteiger partial charge on any atom is -0.292 e. The third kappa shape index (κ3) is 6.32. The van der Waals surface area contributed by atoms with Crippen LogP contribution in [0.3, 0.4) is 0 Å². The second-order valence-electron chi connectivity index (χ2n) is 11.3. The van der Waals surface area contributed by atoms with Gasteiger partial charge in [0.15, 0.2) is 0 Å². The zero-order chi connectivity index (χ0) is 23.9. The van der Waals surface area contributed by atoms with E-state index in [0.29, 0.717) is 17.9 Å². The smallest absolute Gasteiger partial charge is 0.0770 e. The summed E-state index contributed by atoms with van der Waals surface area (Å²) in [6, 6.07) is 11.6. The van der Waals surface area contributed by atoms with E-state index in [4.69, 9.17) is 5.10 Å². The van der Waals surface area contributed by atoms with Crippen LogP contribution in [-0.2, 0) is 0 Å². The molecule has 1 aliphatic heterocycles. The first-order valence-corrected chi connectivity index (χ1v) is 14.0. The quantitative estimate of drug-likeness (QED) is 0.320. The summed E-state index contributed by atoms with van der Waals surface area (Å²) in [4.78, 5) is 0. The van der Waals surface area contributed by atoms with E-state index in [-0.39, 0.29) is 0 Å². The van der Waals surface area contributed by atoms with Gasteiger partial charge >= 0.3 is 0 Å². The summed E-state index contributed by atoms with van der Waals surface area (Å²) in [7, 11) is 0. The van der Waals surface area contributed by atoms with E-state index >= 15 is 0 Å². The average Bonchev–Trinajstić information content (AvgIpc) is 3.19. The first-order valence-electron chi connectivity index (χ1n) is 14.0. The minimum atomic E-state index is 0.379. The van der Waals surface area contributed by atoms with Crippen molar-refractivity contribution in [2.45, 2.75) is 96.9 Å². The van der Waals surface area contributed by atoms with Crippen LogP contribution >= 0.6 is 0 Å². The molecule has 0 amide bonds. The molecule has 0 radical (unpaired) electrons. The molecule has 2 aliphatic carbocycles. The molecule has 3 atom stereocenters. The highest BCUT2D eigenvalue weighted by molar-refractivity contribution is 6.08. The number of allylic oxidation sites excluding steroid dienone is 5. The van der Waals surface area contributed by atoms with Gasteiger partial charge in [-0.15, -0.1) is 6.58 Å². The van der Waals surface area contributed by atoms with Crippen molar-refractivity contribution in [2.24, 2.45) is 22.9 Å². The third-order valence-corrected chi connectivity index (χ3v) is 8.28. The molecule has 0 N–H and O–H groups in total. The number of nitrogens with zero attached hydrogens (tertiary/aromatic N) is 2. The lowest BCUT2D eigenvalue weighted by Gasteiger charge is -2.34. The lowest BCUT2D eigenvalue weighted by molar-refractivity contribution is 0.143. The molecule has 0 bridgehead atoms. The van der Waals surface area contributed by atoms with Gasteiger partial charge in [0.1, 0.15) is 0 Å². The van der Waals surface area contributed by atoms with Crippen molar-refractivity contribution in [3.8, 4) is 0 Å². The highest BCUT2D eigenvalue weighted by atomic mass is 15.5. The van der Waals surface area contributed by atoms with Gasteiger partial charge < -0.3 is 0 Å². The van der Waals surface area contributed by atoms with Gasteiger partial charge in [-0.1, -0.05) is 93.7 Å². The van der Waals surface area contributed by atoms with Crippen molar-refractivity contribution in [1.82, 2.24) is 5.01 Å². The molecule has 1 fully saturated rings. The number of hydrazone groups is 1. The van der Waals surface area contributed by atoms with Crippen molar-refractivity contribution in [1.29, 1.82) is 0 Å². The molecule has 4 rings (SSSR count). The molecule has 0 spiro atoms. The summed E-state index contributed by atoms with van der Waals surface area (Å²) in [5.74, 6) is 2.72. The van der Waals surface area contributed by atoms with Gasteiger partial charge in [-0.25, -0.2) is 0 Å². The van der Waals surface area contributed by atoms with E-state index in [2.05, 4.69) is 80.9 Å². The first kappa shape index (κ1) is 25.0. The molecule has 2 nitrogen and oxygen atoms in total. The molecule has 1 aromatic rings. The summed E-state index contributed by atoms with van der Waals surface area (Å²) in [6.07, 6.45) is 20.1. The Kier molecular flexibility index (Phi) is 8.86. The van der Waals surface area contributed by atoms with Crippen molar-refractivity contribution < 1.29 is 0 Å².